The molecule has 0 aliphatic carbocycles. The summed E-state index contributed by atoms with van der Waals surface area (Å²) in [6, 6.07) is 0. The Morgan fingerprint density at radius 1 is 0.600 bits per heavy atom. The first-order chi connectivity index (χ1) is 4.83. The molecule has 4 nitrogen and oxygen atoms in total. The van der Waals surface area contributed by atoms with Gasteiger partial charge in [-0.25, -0.2) is 0 Å². The Morgan fingerprint density at radius 3 is 0.800 bits per heavy atom. The van der Waals surface area contributed by atoms with Crippen LogP contribution in [0, 0.1) is 0 Å². The van der Waals surface area contributed by atoms with Crippen LogP contribution < -0.4 is 21.3 Å². The fourth-order valence-corrected chi connectivity index (χ4v) is 0.354. The molecular weight excluding hydrogens is 128 g/mol. The summed E-state index contributed by atoms with van der Waals surface area (Å²) in [6.07, 6.45) is 0. The van der Waals surface area contributed by atoms with Gasteiger partial charge in [-0.1, -0.05) is 0 Å². The molecule has 0 aromatic rings. The largest absolute Gasteiger partial charge is 0.308 e. The highest BCUT2D eigenvalue weighted by molar-refractivity contribution is 4.23. The minimum atomic E-state index is 0.889. The first kappa shape index (κ1) is 12.5. The molecule has 0 atom stereocenters. The highest BCUT2D eigenvalue weighted by Gasteiger charge is 1.61. The second-order valence-corrected chi connectivity index (χ2v) is 1.77. The van der Waals surface area contributed by atoms with Crippen molar-refractivity contribution in [3.05, 3.63) is 0 Å². The summed E-state index contributed by atoms with van der Waals surface area (Å²) < 4.78 is 0. The summed E-state index contributed by atoms with van der Waals surface area (Å²) in [5.41, 5.74) is 0. The van der Waals surface area contributed by atoms with Gasteiger partial charge < -0.3 is 21.3 Å². The van der Waals surface area contributed by atoms with E-state index in [0.29, 0.717) is 0 Å². The molecule has 0 saturated heterocycles. The monoisotopic (exact) mass is 148 g/mol. The summed E-state index contributed by atoms with van der Waals surface area (Å²) in [6.45, 7) is 1.78. The van der Waals surface area contributed by atoms with E-state index in [0.717, 1.165) is 13.3 Å². The van der Waals surface area contributed by atoms with Crippen molar-refractivity contribution in [1.82, 2.24) is 21.3 Å². The quantitative estimate of drug-likeness (QED) is 0.377. The van der Waals surface area contributed by atoms with Crippen molar-refractivity contribution in [3.8, 4) is 0 Å². The van der Waals surface area contributed by atoms with E-state index in [2.05, 4.69) is 21.3 Å². The van der Waals surface area contributed by atoms with Crippen LogP contribution in [0.2, 0.25) is 0 Å². The van der Waals surface area contributed by atoms with Crippen molar-refractivity contribution in [2.24, 2.45) is 0 Å². The molecule has 0 fully saturated rings. The molecule has 64 valence electrons. The zero-order valence-electron chi connectivity index (χ0n) is 7.41. The molecule has 0 saturated carbocycles. The van der Waals surface area contributed by atoms with E-state index in [1.807, 2.05) is 28.2 Å². The van der Waals surface area contributed by atoms with Gasteiger partial charge in [0.25, 0.3) is 0 Å². The summed E-state index contributed by atoms with van der Waals surface area (Å²) in [5, 5.41) is 11.6. The number of nitrogens with one attached hydrogen (secondary N) is 4. The molecule has 0 aliphatic heterocycles. The Bertz CT molecular complexity index is 30.7. The van der Waals surface area contributed by atoms with Crippen LogP contribution in [0.25, 0.3) is 0 Å². The molecule has 0 radical (unpaired) electrons. The highest BCUT2D eigenvalue weighted by Crippen LogP contribution is 1.30. The van der Waals surface area contributed by atoms with E-state index >= 15 is 0 Å². The molecule has 0 aromatic carbocycles. The van der Waals surface area contributed by atoms with E-state index in [1.54, 1.807) is 0 Å². The van der Waals surface area contributed by atoms with Crippen LogP contribution in [-0.4, -0.2) is 41.5 Å². The second kappa shape index (κ2) is 15.9. The standard InChI is InChI=1S/2C3H10N2/c2*1-4-3-5-2/h2*4-5H,3H2,1-2H3. The topological polar surface area (TPSA) is 48.1 Å². The van der Waals surface area contributed by atoms with Gasteiger partial charge >= 0.3 is 0 Å². The predicted octanol–water partition coefficient (Wildman–Crippen LogP) is -1.23. The molecule has 0 aromatic heterocycles. The van der Waals surface area contributed by atoms with Crippen LogP contribution in [0.1, 0.15) is 0 Å². The second-order valence-electron chi connectivity index (χ2n) is 1.77. The van der Waals surface area contributed by atoms with Gasteiger partial charge in [-0.15, -0.1) is 0 Å². The Labute approximate surface area is 63.8 Å². The average molecular weight is 148 g/mol. The Balaban J connectivity index is 0. The normalized spacial score (nSPS) is 8.40. The smallest absolute Gasteiger partial charge is 0.0449 e. The summed E-state index contributed by atoms with van der Waals surface area (Å²) in [5.74, 6) is 0. The lowest BCUT2D eigenvalue weighted by Crippen LogP contribution is -2.21. The average Bonchev–Trinajstić information content (AvgIpc) is 1.93. The van der Waals surface area contributed by atoms with Gasteiger partial charge in [0.05, 0.1) is 0 Å². The van der Waals surface area contributed by atoms with Crippen molar-refractivity contribution in [2.45, 2.75) is 0 Å². The maximum atomic E-state index is 2.91. The van der Waals surface area contributed by atoms with Crippen molar-refractivity contribution in [1.29, 1.82) is 0 Å². The number of hydrogen-bond donors (Lipinski definition) is 4. The Hall–Kier alpha value is -0.160. The van der Waals surface area contributed by atoms with E-state index in [4.69, 9.17) is 0 Å². The summed E-state index contributed by atoms with van der Waals surface area (Å²) in [7, 11) is 7.60. The van der Waals surface area contributed by atoms with Crippen molar-refractivity contribution in [3.63, 3.8) is 0 Å². The van der Waals surface area contributed by atoms with Crippen LogP contribution in [-0.2, 0) is 0 Å². The summed E-state index contributed by atoms with van der Waals surface area (Å²) >= 11 is 0. The van der Waals surface area contributed by atoms with Gasteiger partial charge in [0.15, 0.2) is 0 Å². The minimum Gasteiger partial charge on any atom is -0.308 e. The zero-order chi connectivity index (χ0) is 8.24. The molecule has 0 unspecified atom stereocenters. The first-order valence-electron chi connectivity index (χ1n) is 3.41. The van der Waals surface area contributed by atoms with Gasteiger partial charge in [-0.05, 0) is 28.2 Å². The lowest BCUT2D eigenvalue weighted by Gasteiger charge is -1.88. The van der Waals surface area contributed by atoms with E-state index in [1.165, 1.54) is 0 Å². The molecule has 4 heteroatoms. The van der Waals surface area contributed by atoms with Crippen molar-refractivity contribution in [2.75, 3.05) is 41.5 Å². The Kier molecular flexibility index (Phi) is 19.9. The highest BCUT2D eigenvalue weighted by atomic mass is 15.0. The third-order valence-electron chi connectivity index (χ3n) is 0.707. The van der Waals surface area contributed by atoms with Crippen LogP contribution >= 0.6 is 0 Å². The SMILES string of the molecule is CNCNC.CNCNC. The van der Waals surface area contributed by atoms with E-state index < -0.39 is 0 Å². The maximum Gasteiger partial charge on any atom is 0.0449 e. The minimum absolute atomic E-state index is 0.889. The maximum absolute atomic E-state index is 2.91. The zero-order valence-corrected chi connectivity index (χ0v) is 7.41. The molecule has 0 rings (SSSR count). The van der Waals surface area contributed by atoms with Gasteiger partial charge in [0, 0.05) is 13.3 Å². The van der Waals surface area contributed by atoms with Gasteiger partial charge in [-0.3, -0.25) is 0 Å². The lowest BCUT2D eigenvalue weighted by atomic mass is 11.0. The molecule has 0 amide bonds. The van der Waals surface area contributed by atoms with E-state index in [9.17, 15) is 0 Å². The fourth-order valence-electron chi connectivity index (χ4n) is 0.354. The van der Waals surface area contributed by atoms with Gasteiger partial charge in [0.2, 0.25) is 0 Å². The first-order valence-corrected chi connectivity index (χ1v) is 3.41. The van der Waals surface area contributed by atoms with Gasteiger partial charge in [-0.2, -0.15) is 0 Å². The molecule has 0 spiro atoms. The third-order valence-corrected chi connectivity index (χ3v) is 0.707. The fraction of sp³-hybridized carbons (Fsp3) is 1.00. The third kappa shape index (κ3) is 24.9. The van der Waals surface area contributed by atoms with Crippen LogP contribution in [0.15, 0.2) is 0 Å². The Morgan fingerprint density at radius 2 is 0.800 bits per heavy atom. The van der Waals surface area contributed by atoms with Crippen molar-refractivity contribution >= 4 is 0 Å². The molecular formula is C6H20N4. The van der Waals surface area contributed by atoms with Crippen molar-refractivity contribution < 1.29 is 0 Å². The number of rotatable bonds is 4. The van der Waals surface area contributed by atoms with Crippen LogP contribution in [0.4, 0.5) is 0 Å². The van der Waals surface area contributed by atoms with Crippen LogP contribution in [0.5, 0.6) is 0 Å². The molecule has 0 heterocycles. The predicted molar refractivity (Wildman–Crippen MR) is 46.0 cm³/mol. The molecule has 0 bridgehead atoms. The van der Waals surface area contributed by atoms with Crippen LogP contribution in [0.3, 0.4) is 0 Å². The lowest BCUT2D eigenvalue weighted by molar-refractivity contribution is 0.708. The van der Waals surface area contributed by atoms with E-state index in [-0.39, 0.29) is 0 Å². The number of hydrogen-bond acceptors (Lipinski definition) is 4. The molecule has 10 heavy (non-hydrogen) atoms. The molecule has 0 aliphatic rings. The summed E-state index contributed by atoms with van der Waals surface area (Å²) in [4.78, 5) is 0. The molecule has 4 N–H and O–H groups in total. The van der Waals surface area contributed by atoms with Gasteiger partial charge in [0.1, 0.15) is 0 Å².